The number of carbonyl (C=O) groups excluding carboxylic acids is 1. The van der Waals surface area contributed by atoms with Gasteiger partial charge in [-0.3, -0.25) is 0 Å². The molecule has 26 heavy (non-hydrogen) atoms. The van der Waals surface area contributed by atoms with Crippen LogP contribution in [0.15, 0.2) is 42.5 Å². The van der Waals surface area contributed by atoms with Gasteiger partial charge in [0.05, 0.1) is 5.56 Å². The molecule has 1 aliphatic rings. The fourth-order valence-electron chi connectivity index (χ4n) is 2.86. The Kier molecular flexibility index (Phi) is 5.18. The maximum Gasteiger partial charge on any atom is 0.416 e. The van der Waals surface area contributed by atoms with Crippen LogP contribution in [0.2, 0.25) is 0 Å². The van der Waals surface area contributed by atoms with E-state index in [9.17, 15) is 18.0 Å². The molecule has 7 heteroatoms. The second-order valence-corrected chi connectivity index (χ2v) is 7.40. The highest BCUT2D eigenvalue weighted by Gasteiger charge is 2.33. The first kappa shape index (κ1) is 18.6. The van der Waals surface area contributed by atoms with E-state index >= 15 is 0 Å². The van der Waals surface area contributed by atoms with Crippen molar-refractivity contribution in [3.8, 4) is 0 Å². The van der Waals surface area contributed by atoms with Crippen LogP contribution in [-0.2, 0) is 6.18 Å². The number of carbonyl (C=O) groups is 1. The van der Waals surface area contributed by atoms with Crippen LogP contribution in [0.25, 0.3) is 0 Å². The number of anilines is 1. The van der Waals surface area contributed by atoms with Gasteiger partial charge >= 0.3 is 12.2 Å². The Balaban J connectivity index is 1.77. The van der Waals surface area contributed by atoms with E-state index in [1.807, 2.05) is 32.0 Å². The number of urea groups is 1. The molecule has 3 rings (SSSR count). The second-order valence-electron chi connectivity index (χ2n) is 6.21. The Bertz CT molecular complexity index is 805. The first-order valence-corrected chi connectivity index (χ1v) is 9.25. The van der Waals surface area contributed by atoms with Gasteiger partial charge in [-0.15, -0.1) is 11.8 Å². The van der Waals surface area contributed by atoms with Crippen LogP contribution < -0.4 is 5.32 Å². The highest BCUT2D eigenvalue weighted by atomic mass is 32.2. The standard InChI is InChI=1S/C19H19F3N2OS/c1-12-4-3-5-16(13(12)2)23-18(25)24-10-11-26-17(24)14-6-8-15(9-7-14)19(20,21)22/h3-9,17H,10-11H2,1-2H3,(H,23,25)/t17-/m0/s1. The van der Waals surface area contributed by atoms with Crippen molar-refractivity contribution in [1.82, 2.24) is 4.90 Å². The summed E-state index contributed by atoms with van der Waals surface area (Å²) in [6.07, 6.45) is -4.36. The van der Waals surface area contributed by atoms with Gasteiger partial charge in [0.2, 0.25) is 0 Å². The zero-order valence-corrected chi connectivity index (χ0v) is 15.2. The Morgan fingerprint density at radius 2 is 1.85 bits per heavy atom. The molecule has 1 heterocycles. The number of thioether (sulfide) groups is 1. The predicted molar refractivity (Wildman–Crippen MR) is 98.3 cm³/mol. The van der Waals surface area contributed by atoms with Crippen LogP contribution in [-0.4, -0.2) is 23.2 Å². The Hall–Kier alpha value is -2.15. The van der Waals surface area contributed by atoms with Gasteiger partial charge in [0.25, 0.3) is 0 Å². The molecular formula is C19H19F3N2OS. The van der Waals surface area contributed by atoms with E-state index in [-0.39, 0.29) is 11.4 Å². The molecule has 0 bridgehead atoms. The number of rotatable bonds is 2. The molecule has 0 saturated carbocycles. The van der Waals surface area contributed by atoms with E-state index in [1.54, 1.807) is 16.7 Å². The van der Waals surface area contributed by atoms with Gasteiger partial charge in [-0.2, -0.15) is 13.2 Å². The summed E-state index contributed by atoms with van der Waals surface area (Å²) in [5.41, 5.74) is 2.84. The highest BCUT2D eigenvalue weighted by molar-refractivity contribution is 7.99. The van der Waals surface area contributed by atoms with E-state index < -0.39 is 11.7 Å². The summed E-state index contributed by atoms with van der Waals surface area (Å²) in [4.78, 5) is 14.4. The molecule has 2 aromatic rings. The molecule has 1 atom stereocenters. The number of benzene rings is 2. The number of hydrogen-bond acceptors (Lipinski definition) is 2. The Morgan fingerprint density at radius 3 is 2.50 bits per heavy atom. The van der Waals surface area contributed by atoms with Crippen LogP contribution in [0.5, 0.6) is 0 Å². The van der Waals surface area contributed by atoms with E-state index in [0.29, 0.717) is 12.1 Å². The topological polar surface area (TPSA) is 32.3 Å². The number of alkyl halides is 3. The van der Waals surface area contributed by atoms with Crippen molar-refractivity contribution >= 4 is 23.5 Å². The molecule has 138 valence electrons. The third kappa shape index (κ3) is 3.82. The van der Waals surface area contributed by atoms with E-state index in [2.05, 4.69) is 5.32 Å². The van der Waals surface area contributed by atoms with Gasteiger partial charge in [0.15, 0.2) is 0 Å². The van der Waals surface area contributed by atoms with E-state index in [4.69, 9.17) is 0 Å². The molecule has 0 unspecified atom stereocenters. The van der Waals surface area contributed by atoms with E-state index in [0.717, 1.165) is 34.7 Å². The van der Waals surface area contributed by atoms with Crippen LogP contribution in [0.1, 0.15) is 27.6 Å². The molecule has 1 N–H and O–H groups in total. The lowest BCUT2D eigenvalue weighted by atomic mass is 10.1. The Labute approximate surface area is 154 Å². The number of nitrogens with one attached hydrogen (secondary N) is 1. The first-order valence-electron chi connectivity index (χ1n) is 8.20. The second kappa shape index (κ2) is 7.23. The van der Waals surface area contributed by atoms with Gasteiger partial charge in [-0.05, 0) is 48.7 Å². The van der Waals surface area contributed by atoms with Crippen LogP contribution in [0.3, 0.4) is 0 Å². The van der Waals surface area contributed by atoms with Gasteiger partial charge in [-0.25, -0.2) is 4.79 Å². The van der Waals surface area contributed by atoms with Crippen molar-refractivity contribution in [1.29, 1.82) is 0 Å². The highest BCUT2D eigenvalue weighted by Crippen LogP contribution is 2.39. The molecule has 3 nitrogen and oxygen atoms in total. The van der Waals surface area contributed by atoms with E-state index in [1.165, 1.54) is 12.1 Å². The van der Waals surface area contributed by atoms with Gasteiger partial charge in [0.1, 0.15) is 5.37 Å². The lowest BCUT2D eigenvalue weighted by Crippen LogP contribution is -2.34. The molecule has 1 fully saturated rings. The molecular weight excluding hydrogens is 361 g/mol. The Morgan fingerprint density at radius 1 is 1.15 bits per heavy atom. The number of aryl methyl sites for hydroxylation is 1. The molecule has 0 radical (unpaired) electrons. The van der Waals surface area contributed by atoms with Crippen molar-refractivity contribution < 1.29 is 18.0 Å². The fourth-order valence-corrected chi connectivity index (χ4v) is 4.12. The van der Waals surface area contributed by atoms with Crippen molar-refractivity contribution in [3.63, 3.8) is 0 Å². The summed E-state index contributed by atoms with van der Waals surface area (Å²) in [6.45, 7) is 4.46. The third-order valence-corrected chi connectivity index (χ3v) is 5.78. The van der Waals surface area contributed by atoms with Crippen LogP contribution in [0.4, 0.5) is 23.7 Å². The zero-order valence-electron chi connectivity index (χ0n) is 14.4. The lowest BCUT2D eigenvalue weighted by molar-refractivity contribution is -0.137. The van der Waals surface area contributed by atoms with Crippen LogP contribution in [0, 0.1) is 13.8 Å². The maximum atomic E-state index is 12.7. The molecule has 0 aliphatic carbocycles. The predicted octanol–water partition coefficient (Wildman–Crippen LogP) is 5.60. The monoisotopic (exact) mass is 380 g/mol. The smallest absolute Gasteiger partial charge is 0.308 e. The fraction of sp³-hybridized carbons (Fsp3) is 0.316. The first-order chi connectivity index (χ1) is 12.3. The average Bonchev–Trinajstić information content (AvgIpc) is 3.08. The maximum absolute atomic E-state index is 12.7. The summed E-state index contributed by atoms with van der Waals surface area (Å²) in [5.74, 6) is 0.742. The molecule has 1 aliphatic heterocycles. The van der Waals surface area contributed by atoms with Crippen molar-refractivity contribution in [2.45, 2.75) is 25.4 Å². The summed E-state index contributed by atoms with van der Waals surface area (Å²) in [6, 6.07) is 10.5. The largest absolute Gasteiger partial charge is 0.416 e. The number of hydrogen-bond donors (Lipinski definition) is 1. The van der Waals surface area contributed by atoms with Crippen molar-refractivity contribution in [2.75, 3.05) is 17.6 Å². The third-order valence-electron chi connectivity index (χ3n) is 4.52. The molecule has 0 spiro atoms. The minimum atomic E-state index is -4.36. The lowest BCUT2D eigenvalue weighted by Gasteiger charge is -2.25. The minimum Gasteiger partial charge on any atom is -0.308 e. The average molecular weight is 380 g/mol. The summed E-state index contributed by atoms with van der Waals surface area (Å²) in [5, 5.41) is 2.63. The minimum absolute atomic E-state index is 0.242. The van der Waals surface area contributed by atoms with Gasteiger partial charge in [-0.1, -0.05) is 24.3 Å². The SMILES string of the molecule is Cc1cccc(NC(=O)N2CCS[C@H]2c2ccc(C(F)(F)F)cc2)c1C. The summed E-state index contributed by atoms with van der Waals surface area (Å²) in [7, 11) is 0. The number of amides is 2. The molecule has 1 saturated heterocycles. The molecule has 0 aromatic heterocycles. The van der Waals surface area contributed by atoms with Crippen LogP contribution >= 0.6 is 11.8 Å². The quantitative estimate of drug-likeness (QED) is 0.735. The summed E-state index contributed by atoms with van der Waals surface area (Å²) >= 11 is 1.55. The van der Waals surface area contributed by atoms with Crippen molar-refractivity contribution in [3.05, 3.63) is 64.7 Å². The normalized spacial score (nSPS) is 17.4. The molecule has 2 amide bonds. The summed E-state index contributed by atoms with van der Waals surface area (Å²) < 4.78 is 38.2. The number of nitrogens with zero attached hydrogens (tertiary/aromatic N) is 1. The van der Waals surface area contributed by atoms with Gasteiger partial charge in [0, 0.05) is 18.0 Å². The van der Waals surface area contributed by atoms with Crippen molar-refractivity contribution in [2.24, 2.45) is 0 Å². The zero-order chi connectivity index (χ0) is 18.9. The molecule has 2 aromatic carbocycles. The number of halogens is 3. The van der Waals surface area contributed by atoms with Gasteiger partial charge < -0.3 is 10.2 Å².